The second kappa shape index (κ2) is 8.26. The van der Waals surface area contributed by atoms with E-state index < -0.39 is 11.6 Å². The summed E-state index contributed by atoms with van der Waals surface area (Å²) in [6.07, 6.45) is 2.69. The Morgan fingerprint density at radius 1 is 1.16 bits per heavy atom. The van der Waals surface area contributed by atoms with Crippen molar-refractivity contribution >= 4 is 0 Å². The topological polar surface area (TPSA) is 12.0 Å². The Balaban J connectivity index is 2.59. The normalized spacial score (nSPS) is 12.9. The van der Waals surface area contributed by atoms with E-state index in [1.54, 1.807) is 12.1 Å². The van der Waals surface area contributed by atoms with Gasteiger partial charge in [0.25, 0.3) is 0 Å². The van der Waals surface area contributed by atoms with Gasteiger partial charge in [-0.25, -0.2) is 8.78 Å². The van der Waals surface area contributed by atoms with Crippen LogP contribution in [0.4, 0.5) is 8.78 Å². The van der Waals surface area contributed by atoms with Crippen molar-refractivity contribution in [1.29, 1.82) is 0 Å². The lowest BCUT2D eigenvalue weighted by molar-refractivity contribution is 0.410. The minimum absolute atomic E-state index is 0.361. The van der Waals surface area contributed by atoms with Crippen LogP contribution in [0, 0.1) is 23.5 Å². The summed E-state index contributed by atoms with van der Waals surface area (Å²) in [7, 11) is 0. The monoisotopic (exact) mass is 269 g/mol. The lowest BCUT2D eigenvalue weighted by Gasteiger charge is -2.18. The summed E-state index contributed by atoms with van der Waals surface area (Å²) in [5.74, 6) is -0.469. The highest BCUT2D eigenvalue weighted by atomic mass is 19.2. The average molecular weight is 269 g/mol. The first kappa shape index (κ1) is 16.1. The van der Waals surface area contributed by atoms with Crippen LogP contribution >= 0.6 is 0 Å². The minimum atomic E-state index is -0.747. The number of nitrogens with one attached hydrogen (secondary N) is 1. The average Bonchev–Trinajstić information content (AvgIpc) is 2.34. The van der Waals surface area contributed by atoms with E-state index in [0.717, 1.165) is 25.9 Å². The summed E-state index contributed by atoms with van der Waals surface area (Å²) in [4.78, 5) is 0. The number of hydrogen-bond donors (Lipinski definition) is 1. The lowest BCUT2D eigenvalue weighted by Crippen LogP contribution is -2.27. The van der Waals surface area contributed by atoms with Crippen molar-refractivity contribution in [3.05, 3.63) is 35.4 Å². The van der Waals surface area contributed by atoms with Crippen molar-refractivity contribution in [3.8, 4) is 0 Å². The van der Waals surface area contributed by atoms with E-state index in [1.807, 2.05) is 0 Å². The fourth-order valence-electron chi connectivity index (χ4n) is 2.28. The zero-order valence-corrected chi connectivity index (χ0v) is 12.2. The second-order valence-electron chi connectivity index (χ2n) is 5.62. The molecule has 1 aromatic rings. The predicted molar refractivity (Wildman–Crippen MR) is 76.2 cm³/mol. The molecule has 0 fully saturated rings. The van der Waals surface area contributed by atoms with Gasteiger partial charge in [0.2, 0.25) is 0 Å². The van der Waals surface area contributed by atoms with Crippen LogP contribution in [0.2, 0.25) is 0 Å². The summed E-state index contributed by atoms with van der Waals surface area (Å²) in [5.41, 5.74) is 0.491. The molecule has 0 saturated carbocycles. The quantitative estimate of drug-likeness (QED) is 0.747. The van der Waals surface area contributed by atoms with E-state index in [4.69, 9.17) is 0 Å². The van der Waals surface area contributed by atoms with E-state index >= 15 is 0 Å². The highest BCUT2D eigenvalue weighted by Crippen LogP contribution is 2.18. The highest BCUT2D eigenvalue weighted by molar-refractivity contribution is 5.19. The van der Waals surface area contributed by atoms with E-state index in [0.29, 0.717) is 23.8 Å². The Bertz CT molecular complexity index is 377. The first-order valence-corrected chi connectivity index (χ1v) is 7.18. The van der Waals surface area contributed by atoms with E-state index in [2.05, 4.69) is 26.1 Å². The smallest absolute Gasteiger partial charge is 0.162 e. The van der Waals surface area contributed by atoms with Crippen LogP contribution in [0.1, 0.15) is 39.2 Å². The van der Waals surface area contributed by atoms with E-state index in [-0.39, 0.29) is 0 Å². The van der Waals surface area contributed by atoms with Gasteiger partial charge < -0.3 is 5.32 Å². The molecule has 1 unspecified atom stereocenters. The number of hydrogen-bond acceptors (Lipinski definition) is 1. The zero-order valence-electron chi connectivity index (χ0n) is 12.2. The summed E-state index contributed by atoms with van der Waals surface area (Å²) in [5, 5.41) is 3.41. The molecule has 0 bridgehead atoms. The fraction of sp³-hybridized carbons (Fsp3) is 0.625. The zero-order chi connectivity index (χ0) is 14.3. The second-order valence-corrected chi connectivity index (χ2v) is 5.62. The minimum Gasteiger partial charge on any atom is -0.316 e. The molecule has 0 aliphatic heterocycles. The molecule has 0 saturated heterocycles. The first-order chi connectivity index (χ1) is 9.04. The standard InChI is InChI=1S/C16H25F2N/c1-4-6-13(11-19-10-12(2)3)9-14-7-5-8-15(17)16(14)18/h5,7-8,12-13,19H,4,6,9-11H2,1-3H3. The van der Waals surface area contributed by atoms with Gasteiger partial charge in [-0.15, -0.1) is 0 Å². The van der Waals surface area contributed by atoms with Gasteiger partial charge in [0, 0.05) is 0 Å². The third-order valence-electron chi connectivity index (χ3n) is 3.22. The Kier molecular flexibility index (Phi) is 7.00. The molecule has 108 valence electrons. The van der Waals surface area contributed by atoms with Crippen LogP contribution in [-0.4, -0.2) is 13.1 Å². The van der Waals surface area contributed by atoms with Gasteiger partial charge in [0.05, 0.1) is 0 Å². The van der Waals surface area contributed by atoms with Crippen LogP contribution in [0.15, 0.2) is 18.2 Å². The van der Waals surface area contributed by atoms with Crippen LogP contribution < -0.4 is 5.32 Å². The number of benzene rings is 1. The fourth-order valence-corrected chi connectivity index (χ4v) is 2.28. The predicted octanol–water partition coefficient (Wildman–Crippen LogP) is 4.17. The third kappa shape index (κ3) is 5.68. The molecule has 0 radical (unpaired) electrons. The van der Waals surface area contributed by atoms with Crippen molar-refractivity contribution < 1.29 is 8.78 Å². The van der Waals surface area contributed by atoms with E-state index in [9.17, 15) is 8.78 Å². The Labute approximate surface area is 115 Å². The van der Waals surface area contributed by atoms with Crippen molar-refractivity contribution in [2.45, 2.75) is 40.0 Å². The molecule has 1 rings (SSSR count). The van der Waals surface area contributed by atoms with Crippen LogP contribution in [0.5, 0.6) is 0 Å². The molecule has 0 amide bonds. The molecular formula is C16H25F2N. The highest BCUT2D eigenvalue weighted by Gasteiger charge is 2.14. The van der Waals surface area contributed by atoms with Crippen LogP contribution in [-0.2, 0) is 6.42 Å². The van der Waals surface area contributed by atoms with Crippen molar-refractivity contribution in [3.63, 3.8) is 0 Å². The maximum Gasteiger partial charge on any atom is 0.162 e. The van der Waals surface area contributed by atoms with Crippen LogP contribution in [0.3, 0.4) is 0 Å². The molecule has 0 heterocycles. The molecule has 1 aromatic carbocycles. The summed E-state index contributed by atoms with van der Waals surface area (Å²) < 4.78 is 26.8. The van der Waals surface area contributed by atoms with Gasteiger partial charge >= 0.3 is 0 Å². The van der Waals surface area contributed by atoms with Crippen LogP contribution in [0.25, 0.3) is 0 Å². The summed E-state index contributed by atoms with van der Waals surface area (Å²) in [6, 6.07) is 4.44. The maximum atomic E-state index is 13.7. The molecule has 1 nitrogen and oxygen atoms in total. The summed E-state index contributed by atoms with van der Waals surface area (Å²) >= 11 is 0. The van der Waals surface area contributed by atoms with Gasteiger partial charge in [0.1, 0.15) is 0 Å². The third-order valence-corrected chi connectivity index (χ3v) is 3.22. The molecule has 3 heteroatoms. The number of rotatable bonds is 8. The maximum absolute atomic E-state index is 13.7. The summed E-state index contributed by atoms with van der Waals surface area (Å²) in [6.45, 7) is 8.27. The Morgan fingerprint density at radius 2 is 1.89 bits per heavy atom. The van der Waals surface area contributed by atoms with Gasteiger partial charge in [-0.1, -0.05) is 39.3 Å². The molecule has 0 aromatic heterocycles. The van der Waals surface area contributed by atoms with Crippen molar-refractivity contribution in [1.82, 2.24) is 5.32 Å². The molecule has 0 aliphatic rings. The molecular weight excluding hydrogens is 244 g/mol. The van der Waals surface area contributed by atoms with Gasteiger partial charge in [0.15, 0.2) is 11.6 Å². The van der Waals surface area contributed by atoms with Gasteiger partial charge in [-0.3, -0.25) is 0 Å². The van der Waals surface area contributed by atoms with E-state index in [1.165, 1.54) is 6.07 Å². The molecule has 1 atom stereocenters. The number of halogens is 2. The lowest BCUT2D eigenvalue weighted by atomic mass is 9.94. The molecule has 19 heavy (non-hydrogen) atoms. The Hall–Kier alpha value is -0.960. The van der Waals surface area contributed by atoms with Crippen molar-refractivity contribution in [2.75, 3.05) is 13.1 Å². The largest absolute Gasteiger partial charge is 0.316 e. The first-order valence-electron chi connectivity index (χ1n) is 7.18. The van der Waals surface area contributed by atoms with Gasteiger partial charge in [-0.2, -0.15) is 0 Å². The molecule has 1 N–H and O–H groups in total. The van der Waals surface area contributed by atoms with Gasteiger partial charge in [-0.05, 0) is 49.4 Å². The Morgan fingerprint density at radius 3 is 2.53 bits per heavy atom. The van der Waals surface area contributed by atoms with Crippen molar-refractivity contribution in [2.24, 2.45) is 11.8 Å². The molecule has 0 aliphatic carbocycles. The molecule has 0 spiro atoms. The SMILES string of the molecule is CCCC(CNCC(C)C)Cc1cccc(F)c1F.